The van der Waals surface area contributed by atoms with Gasteiger partial charge in [0.2, 0.25) is 5.13 Å². The first-order chi connectivity index (χ1) is 12.2. The number of aromatic nitrogens is 1. The summed E-state index contributed by atoms with van der Waals surface area (Å²) in [5, 5.41) is 17.5. The maximum atomic E-state index is 11.0. The van der Waals surface area contributed by atoms with Crippen molar-refractivity contribution in [3.8, 4) is 17.0 Å². The van der Waals surface area contributed by atoms with Gasteiger partial charge in [0.15, 0.2) is 0 Å². The molecule has 0 spiro atoms. The lowest BCUT2D eigenvalue weighted by molar-refractivity contribution is -0.385. The summed E-state index contributed by atoms with van der Waals surface area (Å²) in [5.74, 6) is 0.739. The fourth-order valence-corrected chi connectivity index (χ4v) is 2.88. The molecule has 0 atom stereocenters. The first-order valence-corrected chi connectivity index (χ1v) is 8.18. The monoisotopic (exact) mass is 354 g/mol. The highest BCUT2D eigenvalue weighted by Gasteiger charge is 2.11. The van der Waals surface area contributed by atoms with Gasteiger partial charge in [-0.2, -0.15) is 5.10 Å². The van der Waals surface area contributed by atoms with Gasteiger partial charge in [0, 0.05) is 17.0 Å². The molecule has 1 heterocycles. The van der Waals surface area contributed by atoms with Gasteiger partial charge in [-0.25, -0.2) is 4.98 Å². The maximum Gasteiger partial charge on any atom is 0.278 e. The Hall–Kier alpha value is -3.26. The molecule has 0 unspecified atom stereocenters. The molecule has 0 aliphatic rings. The molecule has 1 aromatic heterocycles. The van der Waals surface area contributed by atoms with E-state index in [-0.39, 0.29) is 5.69 Å². The van der Waals surface area contributed by atoms with Crippen LogP contribution in [0.4, 0.5) is 10.8 Å². The van der Waals surface area contributed by atoms with Crippen LogP contribution in [-0.2, 0) is 0 Å². The van der Waals surface area contributed by atoms with Crippen LogP contribution in [0.1, 0.15) is 5.56 Å². The quantitative estimate of drug-likeness (QED) is 0.407. The van der Waals surface area contributed by atoms with Gasteiger partial charge >= 0.3 is 0 Å². The number of thiazole rings is 1. The van der Waals surface area contributed by atoms with Crippen molar-refractivity contribution >= 4 is 28.4 Å². The Balaban J connectivity index is 1.76. The molecule has 2 aromatic carbocycles. The predicted octanol–water partition coefficient (Wildman–Crippen LogP) is 4.17. The van der Waals surface area contributed by atoms with Crippen LogP contribution in [0.15, 0.2) is 59.0 Å². The molecule has 3 aromatic rings. The molecule has 1 N–H and O–H groups in total. The van der Waals surface area contributed by atoms with Crippen molar-refractivity contribution in [3.63, 3.8) is 0 Å². The number of hydrogen-bond acceptors (Lipinski definition) is 7. The molecular formula is C17H14N4O3S. The standard InChI is InChI=1S/C17H14N4O3S/c1-24-16-9-5-3-7-13(16)14-11-25-17(19-14)20-18-10-12-6-2-4-8-15(12)21(22)23/h2-11H,1H3,(H,19,20)/b18-10-. The van der Waals surface area contributed by atoms with Crippen LogP contribution < -0.4 is 10.2 Å². The average molecular weight is 354 g/mol. The molecule has 7 nitrogen and oxygen atoms in total. The van der Waals surface area contributed by atoms with Crippen molar-refractivity contribution < 1.29 is 9.66 Å². The number of hydrogen-bond donors (Lipinski definition) is 1. The fourth-order valence-electron chi connectivity index (χ4n) is 2.23. The number of nitro groups is 1. The van der Waals surface area contributed by atoms with E-state index in [1.54, 1.807) is 25.3 Å². The van der Waals surface area contributed by atoms with E-state index in [2.05, 4.69) is 15.5 Å². The van der Waals surface area contributed by atoms with Gasteiger partial charge in [-0.05, 0) is 18.2 Å². The third-order valence-electron chi connectivity index (χ3n) is 3.38. The van der Waals surface area contributed by atoms with Crippen LogP contribution in [0.25, 0.3) is 11.3 Å². The molecule has 0 saturated heterocycles. The summed E-state index contributed by atoms with van der Waals surface area (Å²) < 4.78 is 5.33. The fraction of sp³-hybridized carbons (Fsp3) is 0.0588. The molecule has 0 amide bonds. The third-order valence-corrected chi connectivity index (χ3v) is 4.13. The van der Waals surface area contributed by atoms with Crippen LogP contribution in [0.2, 0.25) is 0 Å². The van der Waals surface area contributed by atoms with Gasteiger partial charge in [0.05, 0.1) is 29.5 Å². The first-order valence-electron chi connectivity index (χ1n) is 7.30. The number of nitro benzene ring substituents is 1. The lowest BCUT2D eigenvalue weighted by Crippen LogP contribution is -1.96. The Morgan fingerprint density at radius 2 is 2.00 bits per heavy atom. The zero-order valence-corrected chi connectivity index (χ0v) is 14.1. The highest BCUT2D eigenvalue weighted by Crippen LogP contribution is 2.31. The Labute approximate surface area is 147 Å². The second kappa shape index (κ2) is 7.54. The van der Waals surface area contributed by atoms with E-state index in [1.807, 2.05) is 29.6 Å². The summed E-state index contributed by atoms with van der Waals surface area (Å²) in [7, 11) is 1.61. The van der Waals surface area contributed by atoms with Crippen LogP contribution >= 0.6 is 11.3 Å². The molecule has 0 fully saturated rings. The van der Waals surface area contributed by atoms with Crippen LogP contribution in [0, 0.1) is 10.1 Å². The summed E-state index contributed by atoms with van der Waals surface area (Å²) in [6.07, 6.45) is 1.41. The Morgan fingerprint density at radius 1 is 1.24 bits per heavy atom. The van der Waals surface area contributed by atoms with Crippen molar-refractivity contribution in [2.24, 2.45) is 5.10 Å². The molecule has 3 rings (SSSR count). The summed E-state index contributed by atoms with van der Waals surface area (Å²) >= 11 is 1.38. The van der Waals surface area contributed by atoms with Crippen molar-refractivity contribution in [2.45, 2.75) is 0 Å². The molecular weight excluding hydrogens is 340 g/mol. The second-order valence-corrected chi connectivity index (χ2v) is 5.78. The minimum absolute atomic E-state index is 0.00176. The van der Waals surface area contributed by atoms with Crippen molar-refractivity contribution in [1.29, 1.82) is 0 Å². The number of nitrogens with zero attached hydrogens (tertiary/aromatic N) is 3. The number of benzene rings is 2. The summed E-state index contributed by atoms with van der Waals surface area (Å²) in [6.45, 7) is 0. The molecule has 0 radical (unpaired) electrons. The minimum Gasteiger partial charge on any atom is -0.496 e. The highest BCUT2D eigenvalue weighted by atomic mass is 32.1. The zero-order chi connectivity index (χ0) is 17.6. The molecule has 0 aliphatic heterocycles. The van der Waals surface area contributed by atoms with Crippen molar-refractivity contribution in [3.05, 3.63) is 69.6 Å². The SMILES string of the molecule is COc1ccccc1-c1csc(N/N=C\c2ccccc2[N+](=O)[O-])n1. The second-order valence-electron chi connectivity index (χ2n) is 4.92. The van der Waals surface area contributed by atoms with Crippen LogP contribution in [0.3, 0.4) is 0 Å². The van der Waals surface area contributed by atoms with E-state index < -0.39 is 4.92 Å². The molecule has 0 bridgehead atoms. The van der Waals surface area contributed by atoms with Gasteiger partial charge < -0.3 is 4.74 Å². The van der Waals surface area contributed by atoms with E-state index in [0.29, 0.717) is 10.7 Å². The Morgan fingerprint density at radius 3 is 2.80 bits per heavy atom. The molecule has 8 heteroatoms. The zero-order valence-electron chi connectivity index (χ0n) is 13.2. The van der Waals surface area contributed by atoms with Crippen molar-refractivity contribution in [1.82, 2.24) is 4.98 Å². The van der Waals surface area contributed by atoms with E-state index in [1.165, 1.54) is 23.6 Å². The Bertz CT molecular complexity index is 924. The number of methoxy groups -OCH3 is 1. The first kappa shape index (κ1) is 16.6. The number of ether oxygens (including phenoxy) is 1. The Kier molecular flexibility index (Phi) is 5.00. The highest BCUT2D eigenvalue weighted by molar-refractivity contribution is 7.14. The van der Waals surface area contributed by atoms with E-state index in [4.69, 9.17) is 4.74 Å². The predicted molar refractivity (Wildman–Crippen MR) is 98.4 cm³/mol. The van der Waals surface area contributed by atoms with Crippen LogP contribution in [-0.4, -0.2) is 23.2 Å². The molecule has 0 aliphatic carbocycles. The normalized spacial score (nSPS) is 10.8. The summed E-state index contributed by atoms with van der Waals surface area (Å²) in [4.78, 5) is 15.0. The number of hydrazone groups is 1. The molecule has 126 valence electrons. The number of rotatable bonds is 6. The molecule has 25 heavy (non-hydrogen) atoms. The number of anilines is 1. The van der Waals surface area contributed by atoms with Gasteiger partial charge in [-0.15, -0.1) is 11.3 Å². The summed E-state index contributed by atoms with van der Waals surface area (Å²) in [6, 6.07) is 14.0. The van der Waals surface area contributed by atoms with E-state index in [0.717, 1.165) is 17.0 Å². The number of para-hydroxylation sites is 2. The smallest absolute Gasteiger partial charge is 0.278 e. The lowest BCUT2D eigenvalue weighted by atomic mass is 10.1. The van der Waals surface area contributed by atoms with Gasteiger partial charge in [-0.3, -0.25) is 15.5 Å². The summed E-state index contributed by atoms with van der Waals surface area (Å²) in [5.41, 5.74) is 4.88. The number of nitrogens with one attached hydrogen (secondary N) is 1. The third kappa shape index (κ3) is 3.81. The molecule has 0 saturated carbocycles. The average Bonchev–Trinajstić information content (AvgIpc) is 3.10. The topological polar surface area (TPSA) is 89.6 Å². The lowest BCUT2D eigenvalue weighted by Gasteiger charge is -2.04. The van der Waals surface area contributed by atoms with Crippen LogP contribution in [0.5, 0.6) is 5.75 Å². The maximum absolute atomic E-state index is 11.0. The largest absolute Gasteiger partial charge is 0.496 e. The van der Waals surface area contributed by atoms with E-state index >= 15 is 0 Å². The van der Waals surface area contributed by atoms with E-state index in [9.17, 15) is 10.1 Å². The minimum atomic E-state index is -0.440. The van der Waals surface area contributed by atoms with Gasteiger partial charge in [-0.1, -0.05) is 24.3 Å². The van der Waals surface area contributed by atoms with Gasteiger partial charge in [0.25, 0.3) is 5.69 Å². The van der Waals surface area contributed by atoms with Gasteiger partial charge in [0.1, 0.15) is 5.75 Å². The van der Waals surface area contributed by atoms with Crippen molar-refractivity contribution in [2.75, 3.05) is 12.5 Å².